The molecule has 42 heavy (non-hydrogen) atoms. The van der Waals surface area contributed by atoms with Gasteiger partial charge in [0, 0.05) is 24.6 Å². The van der Waals surface area contributed by atoms with Gasteiger partial charge in [-0.25, -0.2) is 18.4 Å². The zero-order chi connectivity index (χ0) is 29.6. The van der Waals surface area contributed by atoms with E-state index >= 15 is 0 Å². The van der Waals surface area contributed by atoms with Crippen molar-refractivity contribution in [1.29, 1.82) is 0 Å². The van der Waals surface area contributed by atoms with Crippen molar-refractivity contribution in [1.82, 2.24) is 4.90 Å². The van der Waals surface area contributed by atoms with Gasteiger partial charge in [0.1, 0.15) is 11.6 Å². The zero-order valence-corrected chi connectivity index (χ0v) is 22.8. The molecule has 1 saturated heterocycles. The number of piperidine rings is 1. The Morgan fingerprint density at radius 2 is 1.40 bits per heavy atom. The number of carbonyl (C=O) groups is 3. The van der Waals surface area contributed by atoms with Crippen molar-refractivity contribution < 1.29 is 37.4 Å². The summed E-state index contributed by atoms with van der Waals surface area (Å²) in [6, 6.07) is 15.9. The van der Waals surface area contributed by atoms with Gasteiger partial charge in [-0.2, -0.15) is 0 Å². The molecular formula is C32H30F2N2O6. The van der Waals surface area contributed by atoms with Crippen LogP contribution in [-0.4, -0.2) is 49.0 Å². The summed E-state index contributed by atoms with van der Waals surface area (Å²) in [5, 5.41) is 0. The van der Waals surface area contributed by atoms with Crippen LogP contribution in [0.1, 0.15) is 46.7 Å². The number of hydrogen-bond donors (Lipinski definition) is 1. The first-order valence-electron chi connectivity index (χ1n) is 13.7. The van der Waals surface area contributed by atoms with Crippen LogP contribution in [0.5, 0.6) is 17.2 Å². The van der Waals surface area contributed by atoms with E-state index in [1.165, 1.54) is 36.4 Å². The van der Waals surface area contributed by atoms with Crippen molar-refractivity contribution in [3.05, 3.63) is 101 Å². The van der Waals surface area contributed by atoms with Crippen molar-refractivity contribution in [2.75, 3.05) is 26.2 Å². The number of benzene rings is 3. The highest BCUT2D eigenvalue weighted by Crippen LogP contribution is 2.42. The predicted molar refractivity (Wildman–Crippen MR) is 149 cm³/mol. The lowest BCUT2D eigenvalue weighted by atomic mass is 9.76. The van der Waals surface area contributed by atoms with Gasteiger partial charge < -0.3 is 24.8 Å². The van der Waals surface area contributed by atoms with Gasteiger partial charge in [-0.1, -0.05) is 24.3 Å². The Morgan fingerprint density at radius 3 is 1.95 bits per heavy atom. The van der Waals surface area contributed by atoms with Gasteiger partial charge in [0.05, 0.1) is 12.2 Å². The Bertz CT molecular complexity index is 1440. The van der Waals surface area contributed by atoms with Crippen LogP contribution in [0.15, 0.2) is 72.8 Å². The lowest BCUT2D eigenvalue weighted by Crippen LogP contribution is -2.36. The van der Waals surface area contributed by atoms with Crippen LogP contribution in [0.2, 0.25) is 0 Å². The van der Waals surface area contributed by atoms with Crippen LogP contribution in [0, 0.1) is 17.6 Å². The van der Waals surface area contributed by atoms with Gasteiger partial charge in [0.2, 0.25) is 5.75 Å². The van der Waals surface area contributed by atoms with Gasteiger partial charge in [0.15, 0.2) is 11.5 Å². The van der Waals surface area contributed by atoms with E-state index in [0.717, 1.165) is 55.8 Å². The standard InChI is InChI=1S/C32H30F2N2O6/c33-23-6-2-20(3-7-23)29(21-4-8-24(34)9-5-21)22-14-17-36(18-15-22)16-1-19-40-26-11-10-25(32(35)39)30-31(26)42-28(38)13-12-27(37)41-30/h2-13,22,29H,1,14-19H2,(H2,35,39)/b13-12+. The molecular weight excluding hydrogens is 546 g/mol. The minimum Gasteiger partial charge on any atom is -0.489 e. The normalized spacial score (nSPS) is 16.6. The third kappa shape index (κ3) is 6.83. The van der Waals surface area contributed by atoms with E-state index in [1.54, 1.807) is 24.3 Å². The summed E-state index contributed by atoms with van der Waals surface area (Å²) in [4.78, 5) is 38.2. The highest BCUT2D eigenvalue weighted by Gasteiger charge is 2.29. The van der Waals surface area contributed by atoms with E-state index in [2.05, 4.69) is 4.90 Å². The Hall–Kier alpha value is -4.57. The van der Waals surface area contributed by atoms with Crippen LogP contribution in [-0.2, 0) is 9.59 Å². The summed E-state index contributed by atoms with van der Waals surface area (Å²) in [6.07, 6.45) is 4.30. The van der Waals surface area contributed by atoms with E-state index in [0.29, 0.717) is 12.3 Å². The number of esters is 2. The summed E-state index contributed by atoms with van der Waals surface area (Å²) in [5.41, 5.74) is 7.31. The molecule has 218 valence electrons. The molecule has 1 amide bonds. The molecule has 0 bridgehead atoms. The molecule has 0 radical (unpaired) electrons. The Balaban J connectivity index is 1.19. The Labute approximate surface area is 241 Å². The smallest absolute Gasteiger partial charge is 0.336 e. The highest BCUT2D eigenvalue weighted by atomic mass is 19.1. The number of hydrogen-bond acceptors (Lipinski definition) is 7. The monoisotopic (exact) mass is 576 g/mol. The molecule has 2 N–H and O–H groups in total. The average Bonchev–Trinajstić information content (AvgIpc) is 2.97. The van der Waals surface area contributed by atoms with Gasteiger partial charge in [-0.05, 0) is 85.8 Å². The number of nitrogens with zero attached hydrogens (tertiary/aromatic N) is 1. The molecule has 3 aromatic rings. The number of carbonyl (C=O) groups excluding carboxylic acids is 3. The van der Waals surface area contributed by atoms with Gasteiger partial charge in [-0.15, -0.1) is 0 Å². The Kier molecular flexibility index (Phi) is 8.92. The van der Waals surface area contributed by atoms with E-state index in [1.807, 2.05) is 0 Å². The minimum atomic E-state index is -0.851. The molecule has 2 heterocycles. The fourth-order valence-electron chi connectivity index (χ4n) is 5.51. The molecule has 0 aliphatic carbocycles. The maximum absolute atomic E-state index is 13.6. The number of primary amides is 1. The lowest BCUT2D eigenvalue weighted by molar-refractivity contribution is -0.133. The summed E-state index contributed by atoms with van der Waals surface area (Å²) in [6.45, 7) is 2.74. The topological polar surface area (TPSA) is 108 Å². The predicted octanol–water partition coefficient (Wildman–Crippen LogP) is 4.76. The largest absolute Gasteiger partial charge is 0.489 e. The van der Waals surface area contributed by atoms with Crippen LogP contribution < -0.4 is 19.9 Å². The molecule has 8 nitrogen and oxygen atoms in total. The molecule has 1 fully saturated rings. The first-order chi connectivity index (χ1) is 20.3. The maximum Gasteiger partial charge on any atom is 0.336 e. The first kappa shape index (κ1) is 28.9. The summed E-state index contributed by atoms with van der Waals surface area (Å²) >= 11 is 0. The highest BCUT2D eigenvalue weighted by molar-refractivity contribution is 6.01. The summed E-state index contributed by atoms with van der Waals surface area (Å²) in [5.74, 6) is -3.06. The molecule has 3 aromatic carbocycles. The zero-order valence-electron chi connectivity index (χ0n) is 22.8. The second kappa shape index (κ2) is 12.9. The first-order valence-corrected chi connectivity index (χ1v) is 13.7. The van der Waals surface area contributed by atoms with Crippen molar-refractivity contribution in [3.8, 4) is 17.2 Å². The number of ether oxygens (including phenoxy) is 3. The fraction of sp³-hybridized carbons (Fsp3) is 0.281. The van der Waals surface area contributed by atoms with Crippen LogP contribution in [0.3, 0.4) is 0 Å². The number of rotatable bonds is 9. The molecule has 10 heteroatoms. The number of amides is 1. The van der Waals surface area contributed by atoms with Gasteiger partial charge >= 0.3 is 11.9 Å². The van der Waals surface area contributed by atoms with Crippen LogP contribution in [0.25, 0.3) is 0 Å². The second-order valence-corrected chi connectivity index (χ2v) is 10.3. The third-order valence-electron chi connectivity index (χ3n) is 7.54. The van der Waals surface area contributed by atoms with Crippen LogP contribution >= 0.6 is 0 Å². The molecule has 0 aromatic heterocycles. The molecule has 5 rings (SSSR count). The average molecular weight is 577 g/mol. The van der Waals surface area contributed by atoms with Crippen molar-refractivity contribution in [2.24, 2.45) is 11.7 Å². The number of fused-ring (bicyclic) bond motifs is 1. The molecule has 2 aliphatic heterocycles. The third-order valence-corrected chi connectivity index (χ3v) is 7.54. The van der Waals surface area contributed by atoms with E-state index in [9.17, 15) is 23.2 Å². The lowest BCUT2D eigenvalue weighted by Gasteiger charge is -2.36. The summed E-state index contributed by atoms with van der Waals surface area (Å²) in [7, 11) is 0. The molecule has 0 atom stereocenters. The minimum absolute atomic E-state index is 0.0335. The second-order valence-electron chi connectivity index (χ2n) is 10.3. The number of nitrogens with two attached hydrogens (primary N) is 1. The van der Waals surface area contributed by atoms with E-state index in [4.69, 9.17) is 19.9 Å². The SMILES string of the molecule is NC(=O)c1ccc(OCCCN2CCC(C(c3ccc(F)cc3)c3ccc(F)cc3)CC2)c2c1OC(=O)/C=C/C(=O)O2. The van der Waals surface area contributed by atoms with Crippen molar-refractivity contribution in [3.63, 3.8) is 0 Å². The molecule has 0 unspecified atom stereocenters. The quantitative estimate of drug-likeness (QED) is 0.222. The van der Waals surface area contributed by atoms with Gasteiger partial charge in [0.25, 0.3) is 5.91 Å². The number of halogens is 2. The van der Waals surface area contributed by atoms with Gasteiger partial charge in [-0.3, -0.25) is 4.79 Å². The molecule has 0 spiro atoms. The maximum atomic E-state index is 13.6. The van der Waals surface area contributed by atoms with E-state index < -0.39 is 17.8 Å². The fourth-order valence-corrected chi connectivity index (χ4v) is 5.51. The van der Waals surface area contributed by atoms with Crippen molar-refractivity contribution >= 4 is 17.8 Å². The van der Waals surface area contributed by atoms with Crippen molar-refractivity contribution in [2.45, 2.75) is 25.2 Å². The Morgan fingerprint density at radius 1 is 0.857 bits per heavy atom. The number of likely N-dealkylation sites (tertiary alicyclic amines) is 1. The summed E-state index contributed by atoms with van der Waals surface area (Å²) < 4.78 is 43.6. The molecule has 2 aliphatic rings. The van der Waals surface area contributed by atoms with E-state index in [-0.39, 0.29) is 47.0 Å². The van der Waals surface area contributed by atoms with Crippen LogP contribution in [0.4, 0.5) is 8.78 Å². The molecule has 0 saturated carbocycles.